The van der Waals surface area contributed by atoms with Crippen molar-refractivity contribution in [2.45, 2.75) is 13.5 Å². The Kier molecular flexibility index (Phi) is 3.84. The zero-order valence-corrected chi connectivity index (χ0v) is 12.4. The highest BCUT2D eigenvalue weighted by Crippen LogP contribution is 2.26. The summed E-state index contributed by atoms with van der Waals surface area (Å²) in [6.45, 7) is 3.04. The number of hydrogen-bond acceptors (Lipinski definition) is 2. The number of benzene rings is 2. The van der Waals surface area contributed by atoms with Crippen LogP contribution in [-0.4, -0.2) is 16.8 Å². The summed E-state index contributed by atoms with van der Waals surface area (Å²) in [7, 11) is 1.97. The van der Waals surface area contributed by atoms with Gasteiger partial charge in [-0.2, -0.15) is 5.10 Å². The first-order valence-corrected chi connectivity index (χ1v) is 7.13. The van der Waals surface area contributed by atoms with Crippen LogP contribution in [-0.2, 0) is 6.54 Å². The summed E-state index contributed by atoms with van der Waals surface area (Å²) < 4.78 is 1.99. The fourth-order valence-corrected chi connectivity index (χ4v) is 2.61. The molecule has 0 unspecified atom stereocenters. The van der Waals surface area contributed by atoms with Gasteiger partial charge in [0.05, 0.1) is 17.6 Å². The molecule has 0 aliphatic heterocycles. The van der Waals surface area contributed by atoms with Crippen molar-refractivity contribution in [1.29, 1.82) is 0 Å². The van der Waals surface area contributed by atoms with Crippen LogP contribution in [0.1, 0.15) is 11.1 Å². The van der Waals surface area contributed by atoms with Crippen molar-refractivity contribution in [1.82, 2.24) is 15.1 Å². The Morgan fingerprint density at radius 1 is 1.05 bits per heavy atom. The zero-order valence-electron chi connectivity index (χ0n) is 12.4. The van der Waals surface area contributed by atoms with Crippen LogP contribution in [0.5, 0.6) is 0 Å². The van der Waals surface area contributed by atoms with E-state index in [9.17, 15) is 0 Å². The molecule has 0 saturated carbocycles. The molecule has 0 atom stereocenters. The van der Waals surface area contributed by atoms with Crippen LogP contribution < -0.4 is 5.32 Å². The molecule has 0 amide bonds. The molecule has 0 saturated heterocycles. The van der Waals surface area contributed by atoms with E-state index in [1.54, 1.807) is 0 Å². The summed E-state index contributed by atoms with van der Waals surface area (Å²) in [5, 5.41) is 7.65. The van der Waals surface area contributed by atoms with Gasteiger partial charge >= 0.3 is 0 Å². The van der Waals surface area contributed by atoms with Gasteiger partial charge in [-0.15, -0.1) is 0 Å². The SMILES string of the molecule is CNCc1ccc(-c2ccnn2-c2ccccc2)c(C)c1. The number of rotatable bonds is 4. The van der Waals surface area contributed by atoms with E-state index in [1.165, 1.54) is 16.7 Å². The van der Waals surface area contributed by atoms with E-state index in [1.807, 2.05) is 36.1 Å². The summed E-state index contributed by atoms with van der Waals surface area (Å²) >= 11 is 0. The monoisotopic (exact) mass is 277 g/mol. The summed E-state index contributed by atoms with van der Waals surface area (Å²) in [5.41, 5.74) is 5.98. The largest absolute Gasteiger partial charge is 0.316 e. The highest BCUT2D eigenvalue weighted by atomic mass is 15.3. The van der Waals surface area contributed by atoms with Crippen LogP contribution in [0.4, 0.5) is 0 Å². The molecule has 21 heavy (non-hydrogen) atoms. The lowest BCUT2D eigenvalue weighted by molar-refractivity contribution is 0.817. The zero-order chi connectivity index (χ0) is 14.7. The van der Waals surface area contributed by atoms with E-state index >= 15 is 0 Å². The average molecular weight is 277 g/mol. The van der Waals surface area contributed by atoms with Crippen molar-refractivity contribution >= 4 is 0 Å². The Bertz CT molecular complexity index is 729. The van der Waals surface area contributed by atoms with Crippen molar-refractivity contribution in [2.75, 3.05) is 7.05 Å². The lowest BCUT2D eigenvalue weighted by atomic mass is 10.0. The number of nitrogens with zero attached hydrogens (tertiary/aromatic N) is 2. The number of hydrogen-bond donors (Lipinski definition) is 1. The first kappa shape index (κ1) is 13.6. The fourth-order valence-electron chi connectivity index (χ4n) is 2.61. The van der Waals surface area contributed by atoms with Crippen molar-refractivity contribution in [3.8, 4) is 16.9 Å². The van der Waals surface area contributed by atoms with Gasteiger partial charge in [0, 0.05) is 12.1 Å². The molecule has 3 heteroatoms. The third kappa shape index (κ3) is 2.73. The average Bonchev–Trinajstić information content (AvgIpc) is 2.98. The molecule has 0 fully saturated rings. The van der Waals surface area contributed by atoms with E-state index < -0.39 is 0 Å². The molecule has 106 valence electrons. The predicted octanol–water partition coefficient (Wildman–Crippen LogP) is 3.57. The van der Waals surface area contributed by atoms with Gasteiger partial charge in [0.2, 0.25) is 0 Å². The Labute approximate surface area is 125 Å². The smallest absolute Gasteiger partial charge is 0.0743 e. The normalized spacial score (nSPS) is 10.8. The molecule has 1 N–H and O–H groups in total. The van der Waals surface area contributed by atoms with Crippen LogP contribution in [0, 0.1) is 6.92 Å². The summed E-state index contributed by atoms with van der Waals surface area (Å²) in [5.74, 6) is 0. The van der Waals surface area contributed by atoms with E-state index in [4.69, 9.17) is 0 Å². The maximum Gasteiger partial charge on any atom is 0.0743 e. The molecular formula is C18H19N3. The molecule has 3 rings (SSSR count). The first-order chi connectivity index (χ1) is 10.3. The molecule has 0 aliphatic carbocycles. The third-order valence-corrected chi connectivity index (χ3v) is 3.59. The molecule has 3 aromatic rings. The molecular weight excluding hydrogens is 258 g/mol. The first-order valence-electron chi connectivity index (χ1n) is 7.13. The molecule has 1 heterocycles. The molecule has 0 radical (unpaired) electrons. The molecule has 0 spiro atoms. The second kappa shape index (κ2) is 5.94. The molecule has 0 bridgehead atoms. The highest BCUT2D eigenvalue weighted by molar-refractivity contribution is 5.66. The van der Waals surface area contributed by atoms with Gasteiger partial charge in [-0.05, 0) is 43.3 Å². The lowest BCUT2D eigenvalue weighted by Crippen LogP contribution is -2.05. The standard InChI is InChI=1S/C18H19N3/c1-14-12-15(13-19-2)8-9-17(14)18-10-11-20-21(18)16-6-4-3-5-7-16/h3-12,19H,13H2,1-2H3. The Hall–Kier alpha value is -2.39. The van der Waals surface area contributed by atoms with Crippen molar-refractivity contribution in [3.63, 3.8) is 0 Å². The summed E-state index contributed by atoms with van der Waals surface area (Å²) in [6, 6.07) is 18.9. The number of aromatic nitrogens is 2. The van der Waals surface area contributed by atoms with E-state index in [0.717, 1.165) is 17.9 Å². The van der Waals surface area contributed by atoms with E-state index in [2.05, 4.69) is 53.7 Å². The number of nitrogens with one attached hydrogen (secondary N) is 1. The van der Waals surface area contributed by atoms with Crippen molar-refractivity contribution < 1.29 is 0 Å². The Morgan fingerprint density at radius 3 is 2.57 bits per heavy atom. The predicted molar refractivity (Wildman–Crippen MR) is 86.5 cm³/mol. The third-order valence-electron chi connectivity index (χ3n) is 3.59. The van der Waals surface area contributed by atoms with Crippen LogP contribution in [0.25, 0.3) is 16.9 Å². The van der Waals surface area contributed by atoms with Gasteiger partial charge < -0.3 is 5.32 Å². The van der Waals surface area contributed by atoms with Crippen molar-refractivity contribution in [3.05, 3.63) is 71.9 Å². The summed E-state index contributed by atoms with van der Waals surface area (Å²) in [4.78, 5) is 0. The van der Waals surface area contributed by atoms with E-state index in [-0.39, 0.29) is 0 Å². The van der Waals surface area contributed by atoms with Crippen LogP contribution in [0.15, 0.2) is 60.8 Å². The second-order valence-electron chi connectivity index (χ2n) is 5.14. The topological polar surface area (TPSA) is 29.9 Å². The minimum atomic E-state index is 0.888. The quantitative estimate of drug-likeness (QED) is 0.790. The summed E-state index contributed by atoms with van der Waals surface area (Å²) in [6.07, 6.45) is 1.85. The molecule has 0 aliphatic rings. The van der Waals surface area contributed by atoms with E-state index in [0.29, 0.717) is 0 Å². The number of para-hydroxylation sites is 1. The lowest BCUT2D eigenvalue weighted by Gasteiger charge is -2.11. The maximum absolute atomic E-state index is 4.47. The second-order valence-corrected chi connectivity index (χ2v) is 5.14. The van der Waals surface area contributed by atoms with Crippen LogP contribution >= 0.6 is 0 Å². The van der Waals surface area contributed by atoms with Crippen LogP contribution in [0.2, 0.25) is 0 Å². The highest BCUT2D eigenvalue weighted by Gasteiger charge is 2.10. The molecule has 2 aromatic carbocycles. The van der Waals surface area contributed by atoms with Gasteiger partial charge in [-0.3, -0.25) is 0 Å². The van der Waals surface area contributed by atoms with Crippen LogP contribution in [0.3, 0.4) is 0 Å². The molecule has 3 nitrogen and oxygen atoms in total. The minimum Gasteiger partial charge on any atom is -0.316 e. The van der Waals surface area contributed by atoms with Gasteiger partial charge in [0.15, 0.2) is 0 Å². The van der Waals surface area contributed by atoms with Crippen molar-refractivity contribution in [2.24, 2.45) is 0 Å². The fraction of sp³-hybridized carbons (Fsp3) is 0.167. The maximum atomic E-state index is 4.47. The number of aryl methyl sites for hydroxylation is 1. The Morgan fingerprint density at radius 2 is 1.86 bits per heavy atom. The van der Waals surface area contributed by atoms with Gasteiger partial charge in [0.1, 0.15) is 0 Å². The molecule has 1 aromatic heterocycles. The van der Waals surface area contributed by atoms with Gasteiger partial charge in [-0.25, -0.2) is 4.68 Å². The van der Waals surface area contributed by atoms with Gasteiger partial charge in [-0.1, -0.05) is 36.4 Å². The van der Waals surface area contributed by atoms with Gasteiger partial charge in [0.25, 0.3) is 0 Å². The minimum absolute atomic E-state index is 0.888. The Balaban J connectivity index is 2.04.